The van der Waals surface area contributed by atoms with E-state index in [-0.39, 0.29) is 11.1 Å². The zero-order valence-corrected chi connectivity index (χ0v) is 10.6. The molecule has 5 nitrogen and oxygen atoms in total. The molecule has 5 heteroatoms. The molecule has 0 bridgehead atoms. The Balaban J connectivity index is 3.45. The highest BCUT2D eigenvalue weighted by Crippen LogP contribution is 2.22. The van der Waals surface area contributed by atoms with Gasteiger partial charge in [-0.25, -0.2) is 9.59 Å². The maximum Gasteiger partial charge on any atom is 0.336 e. The van der Waals surface area contributed by atoms with Crippen molar-refractivity contribution in [2.24, 2.45) is 0 Å². The van der Waals surface area contributed by atoms with Gasteiger partial charge >= 0.3 is 11.9 Å². The molecule has 0 radical (unpaired) electrons. The van der Waals surface area contributed by atoms with Crippen LogP contribution in [0.25, 0.3) is 5.57 Å². The summed E-state index contributed by atoms with van der Waals surface area (Å²) in [6.45, 7) is 3.05. The SMILES string of the molecule is CC(=O)CC(C(=O)O)=C(C(=O)O)c1ccc(C)cc1. The lowest BCUT2D eigenvalue weighted by atomic mass is 9.96. The Morgan fingerprint density at radius 1 is 1.00 bits per heavy atom. The van der Waals surface area contributed by atoms with E-state index in [1.165, 1.54) is 19.1 Å². The summed E-state index contributed by atoms with van der Waals surface area (Å²) in [5.74, 6) is -3.15. The summed E-state index contributed by atoms with van der Waals surface area (Å²) in [5.41, 5.74) is 0.459. The monoisotopic (exact) mass is 262 g/mol. The number of Topliss-reactive ketones (excluding diaryl/α,β-unsaturated/α-hetero) is 1. The van der Waals surface area contributed by atoms with Gasteiger partial charge in [-0.1, -0.05) is 29.8 Å². The normalized spacial score (nSPS) is 11.7. The van der Waals surface area contributed by atoms with Gasteiger partial charge in [-0.05, 0) is 19.4 Å². The van der Waals surface area contributed by atoms with Gasteiger partial charge in [0.05, 0.1) is 11.1 Å². The molecule has 0 amide bonds. The van der Waals surface area contributed by atoms with Crippen LogP contribution in [0.3, 0.4) is 0 Å². The maximum atomic E-state index is 11.3. The Bertz CT molecular complexity index is 552. The molecule has 0 spiro atoms. The highest BCUT2D eigenvalue weighted by atomic mass is 16.4. The highest BCUT2D eigenvalue weighted by molar-refractivity contribution is 6.22. The van der Waals surface area contributed by atoms with Crippen molar-refractivity contribution in [3.8, 4) is 0 Å². The number of ketones is 1. The topological polar surface area (TPSA) is 91.7 Å². The van der Waals surface area contributed by atoms with Crippen molar-refractivity contribution in [2.45, 2.75) is 20.3 Å². The molecule has 0 aliphatic carbocycles. The Hall–Kier alpha value is -2.43. The fraction of sp³-hybridized carbons (Fsp3) is 0.214. The Morgan fingerprint density at radius 2 is 1.53 bits per heavy atom. The minimum Gasteiger partial charge on any atom is -0.478 e. The van der Waals surface area contributed by atoms with Gasteiger partial charge in [0, 0.05) is 6.42 Å². The van der Waals surface area contributed by atoms with Crippen LogP contribution in [0.5, 0.6) is 0 Å². The number of carbonyl (C=O) groups is 3. The predicted molar refractivity (Wildman–Crippen MR) is 68.7 cm³/mol. The molecule has 0 aliphatic heterocycles. The van der Waals surface area contributed by atoms with Crippen molar-refractivity contribution < 1.29 is 24.6 Å². The largest absolute Gasteiger partial charge is 0.478 e. The van der Waals surface area contributed by atoms with Gasteiger partial charge in [0.1, 0.15) is 5.78 Å². The second-order valence-electron chi connectivity index (χ2n) is 4.21. The molecule has 0 unspecified atom stereocenters. The van der Waals surface area contributed by atoms with Gasteiger partial charge in [0.2, 0.25) is 0 Å². The molecule has 0 aliphatic rings. The first kappa shape index (κ1) is 14.6. The molecule has 0 aromatic heterocycles. The number of aryl methyl sites for hydroxylation is 1. The van der Waals surface area contributed by atoms with Crippen LogP contribution in [0.2, 0.25) is 0 Å². The first-order valence-electron chi connectivity index (χ1n) is 5.59. The summed E-state index contributed by atoms with van der Waals surface area (Å²) < 4.78 is 0. The number of benzene rings is 1. The van der Waals surface area contributed by atoms with E-state index >= 15 is 0 Å². The lowest BCUT2D eigenvalue weighted by Gasteiger charge is -2.08. The zero-order valence-electron chi connectivity index (χ0n) is 10.6. The summed E-state index contributed by atoms with van der Waals surface area (Å²) >= 11 is 0. The predicted octanol–water partition coefficient (Wildman–Crippen LogP) is 1.90. The van der Waals surface area contributed by atoms with E-state index in [1.54, 1.807) is 12.1 Å². The average molecular weight is 262 g/mol. The van der Waals surface area contributed by atoms with Crippen molar-refractivity contribution in [1.29, 1.82) is 0 Å². The van der Waals surface area contributed by atoms with Crippen molar-refractivity contribution in [2.75, 3.05) is 0 Å². The van der Waals surface area contributed by atoms with E-state index in [2.05, 4.69) is 0 Å². The number of rotatable bonds is 5. The lowest BCUT2D eigenvalue weighted by molar-refractivity contribution is -0.135. The third kappa shape index (κ3) is 3.77. The molecule has 1 aromatic rings. The molecule has 1 rings (SSSR count). The van der Waals surface area contributed by atoms with Crippen LogP contribution in [-0.4, -0.2) is 27.9 Å². The molecule has 1 aromatic carbocycles. The third-order valence-corrected chi connectivity index (χ3v) is 2.54. The van der Waals surface area contributed by atoms with E-state index in [9.17, 15) is 19.5 Å². The van der Waals surface area contributed by atoms with Crippen LogP contribution < -0.4 is 0 Å². The van der Waals surface area contributed by atoms with Crippen LogP contribution in [0.15, 0.2) is 29.8 Å². The molecule has 2 N–H and O–H groups in total. The van der Waals surface area contributed by atoms with Gasteiger partial charge in [0.15, 0.2) is 0 Å². The minimum atomic E-state index is -1.40. The molecule has 19 heavy (non-hydrogen) atoms. The van der Waals surface area contributed by atoms with Crippen LogP contribution >= 0.6 is 0 Å². The standard InChI is InChI=1S/C14H14O5/c1-8-3-5-10(6-4-8)12(14(18)19)11(13(16)17)7-9(2)15/h3-6H,7H2,1-2H3,(H,16,17)(H,18,19). The fourth-order valence-electron chi connectivity index (χ4n) is 1.67. The van der Waals surface area contributed by atoms with Gasteiger partial charge in [-0.15, -0.1) is 0 Å². The second-order valence-corrected chi connectivity index (χ2v) is 4.21. The molecule has 100 valence electrons. The van der Waals surface area contributed by atoms with Gasteiger partial charge < -0.3 is 10.2 Å². The van der Waals surface area contributed by atoms with Gasteiger partial charge in [-0.2, -0.15) is 0 Å². The summed E-state index contributed by atoms with van der Waals surface area (Å²) in [6.07, 6.45) is -0.412. The Kier molecular flexibility index (Phi) is 4.58. The molecular weight excluding hydrogens is 248 g/mol. The molecule has 0 fully saturated rings. The minimum absolute atomic E-state index is 0.275. The first-order valence-corrected chi connectivity index (χ1v) is 5.59. The second kappa shape index (κ2) is 5.95. The van der Waals surface area contributed by atoms with Crippen molar-refractivity contribution in [3.63, 3.8) is 0 Å². The van der Waals surface area contributed by atoms with Gasteiger partial charge in [0.25, 0.3) is 0 Å². The van der Waals surface area contributed by atoms with Crippen LogP contribution in [0, 0.1) is 6.92 Å². The molecular formula is C14H14O5. The van der Waals surface area contributed by atoms with Gasteiger partial charge in [-0.3, -0.25) is 4.79 Å². The molecule has 0 atom stereocenters. The quantitative estimate of drug-likeness (QED) is 0.791. The summed E-state index contributed by atoms with van der Waals surface area (Å²) in [4.78, 5) is 33.5. The summed E-state index contributed by atoms with van der Waals surface area (Å²) in [6, 6.07) is 6.43. The van der Waals surface area contributed by atoms with E-state index in [4.69, 9.17) is 5.11 Å². The number of carboxylic acid groups (broad SMARTS) is 2. The van der Waals surface area contributed by atoms with E-state index in [0.717, 1.165) is 5.56 Å². The number of aliphatic carboxylic acids is 2. The van der Waals surface area contributed by atoms with E-state index in [0.29, 0.717) is 0 Å². The maximum absolute atomic E-state index is 11.3. The number of carbonyl (C=O) groups excluding carboxylic acids is 1. The lowest BCUT2D eigenvalue weighted by Crippen LogP contribution is -2.13. The average Bonchev–Trinajstić information content (AvgIpc) is 2.29. The molecule has 0 saturated heterocycles. The van der Waals surface area contributed by atoms with E-state index in [1.807, 2.05) is 6.92 Å². The number of hydrogen-bond acceptors (Lipinski definition) is 3. The van der Waals surface area contributed by atoms with Crippen molar-refractivity contribution in [3.05, 3.63) is 41.0 Å². The van der Waals surface area contributed by atoms with Crippen LogP contribution in [0.4, 0.5) is 0 Å². The fourth-order valence-corrected chi connectivity index (χ4v) is 1.67. The third-order valence-electron chi connectivity index (χ3n) is 2.54. The first-order chi connectivity index (χ1) is 8.82. The number of hydrogen-bond donors (Lipinski definition) is 2. The Labute approximate surface area is 110 Å². The highest BCUT2D eigenvalue weighted by Gasteiger charge is 2.22. The van der Waals surface area contributed by atoms with E-state index < -0.39 is 29.7 Å². The summed E-state index contributed by atoms with van der Waals surface area (Å²) in [5, 5.41) is 18.3. The van der Waals surface area contributed by atoms with Crippen molar-refractivity contribution in [1.82, 2.24) is 0 Å². The zero-order chi connectivity index (χ0) is 14.6. The van der Waals surface area contributed by atoms with Crippen molar-refractivity contribution >= 4 is 23.3 Å². The molecule has 0 heterocycles. The van der Waals surface area contributed by atoms with Crippen LogP contribution in [-0.2, 0) is 14.4 Å². The Morgan fingerprint density at radius 3 is 1.89 bits per heavy atom. The summed E-state index contributed by atoms with van der Waals surface area (Å²) in [7, 11) is 0. The number of carboxylic acids is 2. The smallest absolute Gasteiger partial charge is 0.336 e. The molecule has 0 saturated carbocycles. The van der Waals surface area contributed by atoms with Crippen LogP contribution in [0.1, 0.15) is 24.5 Å².